The van der Waals surface area contributed by atoms with Gasteiger partial charge in [-0.15, -0.1) is 0 Å². The van der Waals surface area contributed by atoms with Crippen LogP contribution in [0, 0.1) is 0 Å². The van der Waals surface area contributed by atoms with E-state index in [1.807, 2.05) is 6.92 Å². The summed E-state index contributed by atoms with van der Waals surface area (Å²) in [5.74, 6) is 0.124. The molecule has 0 radical (unpaired) electrons. The molecule has 0 bridgehead atoms. The molecule has 0 aliphatic carbocycles. The second-order valence-corrected chi connectivity index (χ2v) is 7.38. The molecule has 6 nitrogen and oxygen atoms in total. The number of hydrogen-bond acceptors (Lipinski definition) is 5. The van der Waals surface area contributed by atoms with Crippen LogP contribution in [0.3, 0.4) is 0 Å². The summed E-state index contributed by atoms with van der Waals surface area (Å²) >= 11 is 5.86. The van der Waals surface area contributed by atoms with E-state index in [-0.39, 0.29) is 21.8 Å². The zero-order valence-electron chi connectivity index (χ0n) is 12.0. The lowest BCUT2D eigenvalue weighted by Crippen LogP contribution is -2.43. The number of sulfonamides is 1. The van der Waals surface area contributed by atoms with Gasteiger partial charge >= 0.3 is 0 Å². The standard InChI is InChI=1S/C13H20ClN3O3S/c1-2-6-20-10-4-3-5-17(9-10)21(18,19)11-7-12(14)13(15)16-8-11/h7-8,10H,2-6,9H2,1H3,(H2,15,16). The number of nitrogens with two attached hydrogens (primary N) is 1. The van der Waals surface area contributed by atoms with E-state index in [9.17, 15) is 8.42 Å². The second kappa shape index (κ2) is 6.91. The highest BCUT2D eigenvalue weighted by Crippen LogP contribution is 2.25. The van der Waals surface area contributed by atoms with Crippen LogP contribution in [0.4, 0.5) is 5.82 Å². The van der Waals surface area contributed by atoms with Crippen molar-refractivity contribution in [1.82, 2.24) is 9.29 Å². The summed E-state index contributed by atoms with van der Waals surface area (Å²) in [7, 11) is -3.61. The Morgan fingerprint density at radius 1 is 1.57 bits per heavy atom. The molecule has 1 aliphatic rings. The van der Waals surface area contributed by atoms with E-state index in [1.54, 1.807) is 0 Å². The van der Waals surface area contributed by atoms with Gasteiger partial charge in [0.25, 0.3) is 0 Å². The van der Waals surface area contributed by atoms with Crippen molar-refractivity contribution >= 4 is 27.4 Å². The van der Waals surface area contributed by atoms with Crippen LogP contribution >= 0.6 is 11.6 Å². The third kappa shape index (κ3) is 3.85. The molecule has 2 N–H and O–H groups in total. The minimum absolute atomic E-state index is 0.0503. The zero-order chi connectivity index (χ0) is 15.5. The Morgan fingerprint density at radius 2 is 2.33 bits per heavy atom. The highest BCUT2D eigenvalue weighted by molar-refractivity contribution is 7.89. The number of hydrogen-bond donors (Lipinski definition) is 1. The van der Waals surface area contributed by atoms with E-state index in [1.165, 1.54) is 16.6 Å². The van der Waals surface area contributed by atoms with Crippen LogP contribution in [0.15, 0.2) is 17.2 Å². The molecule has 1 atom stereocenters. The Balaban J connectivity index is 2.16. The van der Waals surface area contributed by atoms with Crippen molar-refractivity contribution in [3.63, 3.8) is 0 Å². The average molecular weight is 334 g/mol. The van der Waals surface area contributed by atoms with Gasteiger partial charge in [0.15, 0.2) is 0 Å². The topological polar surface area (TPSA) is 85.5 Å². The maximum atomic E-state index is 12.6. The molecular formula is C13H20ClN3O3S. The fraction of sp³-hybridized carbons (Fsp3) is 0.615. The lowest BCUT2D eigenvalue weighted by atomic mass is 10.1. The van der Waals surface area contributed by atoms with Gasteiger partial charge in [0.2, 0.25) is 10.0 Å². The van der Waals surface area contributed by atoms with Crippen molar-refractivity contribution < 1.29 is 13.2 Å². The summed E-state index contributed by atoms with van der Waals surface area (Å²) in [6, 6.07) is 1.34. The van der Waals surface area contributed by atoms with E-state index >= 15 is 0 Å². The van der Waals surface area contributed by atoms with Crippen molar-refractivity contribution in [2.75, 3.05) is 25.4 Å². The van der Waals surface area contributed by atoms with Gasteiger partial charge in [0, 0.05) is 25.9 Å². The molecule has 8 heteroatoms. The molecule has 1 aliphatic heterocycles. The van der Waals surface area contributed by atoms with Crippen molar-refractivity contribution in [3.05, 3.63) is 17.3 Å². The molecule has 2 rings (SSSR count). The monoisotopic (exact) mass is 333 g/mol. The van der Waals surface area contributed by atoms with Gasteiger partial charge in [-0.3, -0.25) is 0 Å². The van der Waals surface area contributed by atoms with Crippen LogP contribution in [-0.2, 0) is 14.8 Å². The Labute approximate surface area is 130 Å². The fourth-order valence-corrected chi connectivity index (χ4v) is 3.98. The summed E-state index contributed by atoms with van der Waals surface area (Å²) < 4.78 is 32.3. The Morgan fingerprint density at radius 3 is 3.00 bits per heavy atom. The average Bonchev–Trinajstić information content (AvgIpc) is 2.48. The molecule has 21 heavy (non-hydrogen) atoms. The van der Waals surface area contributed by atoms with Crippen molar-refractivity contribution in [1.29, 1.82) is 0 Å². The quantitative estimate of drug-likeness (QED) is 0.889. The van der Waals surface area contributed by atoms with Crippen molar-refractivity contribution in [2.45, 2.75) is 37.2 Å². The normalized spacial score (nSPS) is 20.6. The fourth-order valence-electron chi connectivity index (χ4n) is 2.26. The summed E-state index contributed by atoms with van der Waals surface area (Å²) in [5.41, 5.74) is 5.52. The number of nitrogens with zero attached hydrogens (tertiary/aromatic N) is 2. The number of rotatable bonds is 5. The molecule has 0 aromatic carbocycles. The van der Waals surface area contributed by atoms with Crippen LogP contribution in [0.1, 0.15) is 26.2 Å². The van der Waals surface area contributed by atoms with Gasteiger partial charge in [-0.1, -0.05) is 18.5 Å². The first-order valence-corrected chi connectivity index (χ1v) is 8.79. The first-order chi connectivity index (χ1) is 9.95. The Kier molecular flexibility index (Phi) is 5.43. The highest BCUT2D eigenvalue weighted by atomic mass is 35.5. The first kappa shape index (κ1) is 16.5. The van der Waals surface area contributed by atoms with E-state index < -0.39 is 10.0 Å². The van der Waals surface area contributed by atoms with Crippen LogP contribution in [0.5, 0.6) is 0 Å². The van der Waals surface area contributed by atoms with Gasteiger partial charge in [-0.2, -0.15) is 4.31 Å². The summed E-state index contributed by atoms with van der Waals surface area (Å²) in [4.78, 5) is 3.88. The van der Waals surface area contributed by atoms with E-state index in [4.69, 9.17) is 22.1 Å². The maximum absolute atomic E-state index is 12.6. The Bertz CT molecular complexity index is 594. The van der Waals surface area contributed by atoms with E-state index in [2.05, 4.69) is 4.98 Å². The molecule has 0 amide bonds. The van der Waals surface area contributed by atoms with Crippen molar-refractivity contribution in [3.8, 4) is 0 Å². The summed E-state index contributed by atoms with van der Waals surface area (Å²) in [5, 5.41) is 0.145. The lowest BCUT2D eigenvalue weighted by Gasteiger charge is -2.31. The number of piperidine rings is 1. The third-order valence-electron chi connectivity index (χ3n) is 3.38. The van der Waals surface area contributed by atoms with Gasteiger partial charge in [-0.05, 0) is 25.3 Å². The molecule has 0 spiro atoms. The third-order valence-corrected chi connectivity index (χ3v) is 5.51. The number of pyridine rings is 1. The van der Waals surface area contributed by atoms with Crippen molar-refractivity contribution in [2.24, 2.45) is 0 Å². The van der Waals surface area contributed by atoms with Gasteiger partial charge in [-0.25, -0.2) is 13.4 Å². The molecule has 1 unspecified atom stereocenters. The Hall–Kier alpha value is -0.890. The van der Waals surface area contributed by atoms with Crippen LogP contribution < -0.4 is 5.73 Å². The molecule has 1 fully saturated rings. The van der Waals surface area contributed by atoms with Crippen LogP contribution in [0.2, 0.25) is 5.02 Å². The minimum atomic E-state index is -3.61. The second-order valence-electron chi connectivity index (χ2n) is 5.04. The summed E-state index contributed by atoms with van der Waals surface area (Å²) in [6.07, 6.45) is 3.77. The number of ether oxygens (including phenoxy) is 1. The predicted molar refractivity (Wildman–Crippen MR) is 81.7 cm³/mol. The predicted octanol–water partition coefficient (Wildman–Crippen LogP) is 1.90. The van der Waals surface area contributed by atoms with Crippen LogP contribution in [-0.4, -0.2) is 43.5 Å². The largest absolute Gasteiger partial charge is 0.382 e. The number of halogens is 1. The zero-order valence-corrected chi connectivity index (χ0v) is 13.5. The number of aromatic nitrogens is 1. The first-order valence-electron chi connectivity index (χ1n) is 6.98. The van der Waals surface area contributed by atoms with E-state index in [0.717, 1.165) is 19.3 Å². The smallest absolute Gasteiger partial charge is 0.244 e. The van der Waals surface area contributed by atoms with Gasteiger partial charge < -0.3 is 10.5 Å². The minimum Gasteiger partial charge on any atom is -0.382 e. The number of nitrogen functional groups attached to an aromatic ring is 1. The maximum Gasteiger partial charge on any atom is 0.244 e. The summed E-state index contributed by atoms with van der Waals surface area (Å²) in [6.45, 7) is 3.52. The SMILES string of the molecule is CCCOC1CCCN(S(=O)(=O)c2cnc(N)c(Cl)c2)C1. The molecule has 1 aromatic rings. The molecule has 2 heterocycles. The van der Waals surface area contributed by atoms with E-state index in [0.29, 0.717) is 19.7 Å². The molecule has 0 saturated carbocycles. The van der Waals surface area contributed by atoms with Gasteiger partial charge in [0.1, 0.15) is 10.7 Å². The highest BCUT2D eigenvalue weighted by Gasteiger charge is 2.31. The molecule has 1 aromatic heterocycles. The number of anilines is 1. The van der Waals surface area contributed by atoms with Crippen LogP contribution in [0.25, 0.3) is 0 Å². The lowest BCUT2D eigenvalue weighted by molar-refractivity contribution is 0.0193. The molecule has 1 saturated heterocycles. The van der Waals surface area contributed by atoms with Gasteiger partial charge in [0.05, 0.1) is 11.1 Å². The molecule has 118 valence electrons. The molecular weight excluding hydrogens is 314 g/mol.